The molecule has 1 aliphatic heterocycles. The zero-order valence-electron chi connectivity index (χ0n) is 13.3. The fourth-order valence-electron chi connectivity index (χ4n) is 2.43. The lowest BCUT2D eigenvalue weighted by molar-refractivity contribution is -0.133. The first-order chi connectivity index (χ1) is 9.93. The Morgan fingerprint density at radius 1 is 1.33 bits per heavy atom. The number of carbonyl (C=O) groups is 1. The van der Waals surface area contributed by atoms with E-state index in [1.807, 2.05) is 25.7 Å². The highest BCUT2D eigenvalue weighted by Gasteiger charge is 2.34. The van der Waals surface area contributed by atoms with Crippen LogP contribution in [-0.4, -0.2) is 71.7 Å². The SMILES string of the molecule is CCOCCCC(=O)N1CCN(C(C)(C)C(N)=NO)CC1. The van der Waals surface area contributed by atoms with E-state index in [2.05, 4.69) is 10.1 Å². The van der Waals surface area contributed by atoms with E-state index in [1.54, 1.807) is 0 Å². The molecule has 1 aliphatic rings. The number of rotatable bonds is 7. The Labute approximate surface area is 126 Å². The van der Waals surface area contributed by atoms with E-state index in [1.165, 1.54) is 0 Å². The minimum absolute atomic E-state index is 0.177. The van der Waals surface area contributed by atoms with Crippen molar-refractivity contribution >= 4 is 11.7 Å². The maximum atomic E-state index is 12.1. The summed E-state index contributed by atoms with van der Waals surface area (Å²) in [5.41, 5.74) is 5.23. The fourth-order valence-corrected chi connectivity index (χ4v) is 2.43. The van der Waals surface area contributed by atoms with Crippen LogP contribution in [0.2, 0.25) is 0 Å². The first-order valence-corrected chi connectivity index (χ1v) is 7.52. The van der Waals surface area contributed by atoms with E-state index in [4.69, 9.17) is 15.7 Å². The molecule has 1 heterocycles. The number of ether oxygens (including phenoxy) is 1. The molecular formula is C14H28N4O3. The van der Waals surface area contributed by atoms with Crippen molar-refractivity contribution in [3.63, 3.8) is 0 Å². The van der Waals surface area contributed by atoms with Gasteiger partial charge in [0.2, 0.25) is 5.91 Å². The zero-order chi connectivity index (χ0) is 15.9. The van der Waals surface area contributed by atoms with Gasteiger partial charge in [-0.25, -0.2) is 0 Å². The van der Waals surface area contributed by atoms with E-state index in [-0.39, 0.29) is 11.7 Å². The van der Waals surface area contributed by atoms with Crippen LogP contribution in [0.4, 0.5) is 0 Å². The monoisotopic (exact) mass is 300 g/mol. The second kappa shape index (κ2) is 8.19. The average molecular weight is 300 g/mol. The van der Waals surface area contributed by atoms with Gasteiger partial charge in [0, 0.05) is 45.8 Å². The number of nitrogens with zero attached hydrogens (tertiary/aromatic N) is 3. The molecule has 1 amide bonds. The normalized spacial score (nSPS) is 18.0. The molecule has 0 aliphatic carbocycles. The van der Waals surface area contributed by atoms with Gasteiger partial charge in [0.15, 0.2) is 5.84 Å². The van der Waals surface area contributed by atoms with Crippen molar-refractivity contribution in [2.45, 2.75) is 39.2 Å². The number of piperazine rings is 1. The number of hydrogen-bond acceptors (Lipinski definition) is 5. The van der Waals surface area contributed by atoms with Crippen LogP contribution >= 0.6 is 0 Å². The van der Waals surface area contributed by atoms with Gasteiger partial charge >= 0.3 is 0 Å². The van der Waals surface area contributed by atoms with Gasteiger partial charge in [0.1, 0.15) is 0 Å². The Kier molecular flexibility index (Phi) is 6.91. The summed E-state index contributed by atoms with van der Waals surface area (Å²) in [6.07, 6.45) is 1.30. The highest BCUT2D eigenvalue weighted by molar-refractivity contribution is 5.88. The van der Waals surface area contributed by atoms with Crippen LogP contribution in [0.3, 0.4) is 0 Å². The molecule has 0 unspecified atom stereocenters. The lowest BCUT2D eigenvalue weighted by atomic mass is 10.00. The maximum absolute atomic E-state index is 12.1. The minimum atomic E-state index is -0.501. The Bertz CT molecular complexity index is 363. The van der Waals surface area contributed by atoms with Gasteiger partial charge in [-0.2, -0.15) is 0 Å². The third-order valence-corrected chi connectivity index (χ3v) is 4.04. The van der Waals surface area contributed by atoms with E-state index in [9.17, 15) is 4.79 Å². The predicted octanol–water partition coefficient (Wildman–Crippen LogP) is 0.472. The van der Waals surface area contributed by atoms with Crippen molar-refractivity contribution in [2.24, 2.45) is 10.9 Å². The van der Waals surface area contributed by atoms with Crippen LogP contribution < -0.4 is 5.73 Å². The van der Waals surface area contributed by atoms with Gasteiger partial charge in [-0.3, -0.25) is 9.69 Å². The molecule has 1 rings (SSSR count). The van der Waals surface area contributed by atoms with Crippen molar-refractivity contribution in [1.82, 2.24) is 9.80 Å². The molecule has 7 nitrogen and oxygen atoms in total. The third-order valence-electron chi connectivity index (χ3n) is 4.04. The second-order valence-corrected chi connectivity index (χ2v) is 5.71. The van der Waals surface area contributed by atoms with Gasteiger partial charge in [0.05, 0.1) is 5.54 Å². The van der Waals surface area contributed by atoms with Crippen LogP contribution in [0.1, 0.15) is 33.6 Å². The lowest BCUT2D eigenvalue weighted by Crippen LogP contribution is -2.60. The van der Waals surface area contributed by atoms with Crippen molar-refractivity contribution in [1.29, 1.82) is 0 Å². The van der Waals surface area contributed by atoms with Crippen LogP contribution in [0.15, 0.2) is 5.16 Å². The molecule has 0 saturated carbocycles. The topological polar surface area (TPSA) is 91.4 Å². The molecule has 0 aromatic rings. The summed E-state index contributed by atoms with van der Waals surface area (Å²) in [7, 11) is 0. The summed E-state index contributed by atoms with van der Waals surface area (Å²) in [6.45, 7) is 9.91. The predicted molar refractivity (Wildman–Crippen MR) is 81.4 cm³/mol. The standard InChI is InChI=1S/C14H28N4O3/c1-4-21-11-5-6-12(19)17-7-9-18(10-8-17)14(2,3)13(15)16-20/h20H,4-11H2,1-3H3,(H2,15,16). The first-order valence-electron chi connectivity index (χ1n) is 7.52. The van der Waals surface area contributed by atoms with Gasteiger partial charge in [0.25, 0.3) is 0 Å². The van der Waals surface area contributed by atoms with Crippen molar-refractivity contribution < 1.29 is 14.7 Å². The number of nitrogens with two attached hydrogens (primary N) is 1. The highest BCUT2D eigenvalue weighted by atomic mass is 16.5. The molecule has 0 aromatic carbocycles. The minimum Gasteiger partial charge on any atom is -0.409 e. The van der Waals surface area contributed by atoms with E-state index >= 15 is 0 Å². The quantitative estimate of drug-likeness (QED) is 0.234. The lowest BCUT2D eigenvalue weighted by Gasteiger charge is -2.43. The Morgan fingerprint density at radius 3 is 2.48 bits per heavy atom. The first kappa shape index (κ1) is 17.7. The second-order valence-electron chi connectivity index (χ2n) is 5.71. The molecule has 0 spiro atoms. The summed E-state index contributed by atoms with van der Waals surface area (Å²) >= 11 is 0. The molecule has 0 aromatic heterocycles. The number of amidine groups is 1. The molecule has 122 valence electrons. The summed E-state index contributed by atoms with van der Waals surface area (Å²) in [6, 6.07) is 0. The maximum Gasteiger partial charge on any atom is 0.222 e. The molecule has 7 heteroatoms. The molecule has 21 heavy (non-hydrogen) atoms. The van der Waals surface area contributed by atoms with E-state index in [0.29, 0.717) is 32.7 Å². The van der Waals surface area contributed by atoms with E-state index in [0.717, 1.165) is 19.5 Å². The summed E-state index contributed by atoms with van der Waals surface area (Å²) in [5, 5.41) is 11.9. The smallest absolute Gasteiger partial charge is 0.222 e. The molecule has 1 fully saturated rings. The van der Waals surface area contributed by atoms with Gasteiger partial charge < -0.3 is 20.6 Å². The molecule has 0 atom stereocenters. The van der Waals surface area contributed by atoms with Crippen LogP contribution in [0.25, 0.3) is 0 Å². The van der Waals surface area contributed by atoms with Gasteiger partial charge in [-0.1, -0.05) is 5.16 Å². The van der Waals surface area contributed by atoms with Gasteiger partial charge in [-0.15, -0.1) is 0 Å². The van der Waals surface area contributed by atoms with Crippen molar-refractivity contribution in [3.8, 4) is 0 Å². The number of carbonyl (C=O) groups excluding carboxylic acids is 1. The molecule has 3 N–H and O–H groups in total. The van der Waals surface area contributed by atoms with Gasteiger partial charge in [-0.05, 0) is 27.2 Å². The fraction of sp³-hybridized carbons (Fsp3) is 0.857. The molecule has 1 saturated heterocycles. The molecule has 0 bridgehead atoms. The molecular weight excluding hydrogens is 272 g/mol. The van der Waals surface area contributed by atoms with Crippen molar-refractivity contribution in [3.05, 3.63) is 0 Å². The highest BCUT2D eigenvalue weighted by Crippen LogP contribution is 2.17. The summed E-state index contributed by atoms with van der Waals surface area (Å²) in [5.74, 6) is 0.370. The number of hydrogen-bond donors (Lipinski definition) is 2. The van der Waals surface area contributed by atoms with Crippen molar-refractivity contribution in [2.75, 3.05) is 39.4 Å². The average Bonchev–Trinajstić information content (AvgIpc) is 2.50. The Balaban J connectivity index is 2.40. The summed E-state index contributed by atoms with van der Waals surface area (Å²) < 4.78 is 5.24. The Hall–Kier alpha value is -1.34. The Morgan fingerprint density at radius 2 is 1.95 bits per heavy atom. The van der Waals surface area contributed by atoms with Crippen LogP contribution in [-0.2, 0) is 9.53 Å². The number of oxime groups is 1. The van der Waals surface area contributed by atoms with E-state index < -0.39 is 5.54 Å². The largest absolute Gasteiger partial charge is 0.409 e. The molecule has 0 radical (unpaired) electrons. The van der Waals surface area contributed by atoms with Crippen LogP contribution in [0, 0.1) is 0 Å². The third kappa shape index (κ3) is 4.86. The van der Waals surface area contributed by atoms with Crippen LogP contribution in [0.5, 0.6) is 0 Å². The number of amides is 1. The summed E-state index contributed by atoms with van der Waals surface area (Å²) in [4.78, 5) is 16.1. The zero-order valence-corrected chi connectivity index (χ0v) is 13.3.